The molecule has 0 aromatic carbocycles. The summed E-state index contributed by atoms with van der Waals surface area (Å²) in [4.78, 5) is 0. The molecule has 2 nitrogen and oxygen atoms in total. The van der Waals surface area contributed by atoms with E-state index in [2.05, 4.69) is 9.47 Å². The van der Waals surface area contributed by atoms with Gasteiger partial charge in [-0.05, 0) is 0 Å². The van der Waals surface area contributed by atoms with Gasteiger partial charge in [-0.15, -0.1) is 0 Å². The second-order valence-corrected chi connectivity index (χ2v) is 2.69. The normalized spacial score (nSPS) is 10.7. The fourth-order valence-electron chi connectivity index (χ4n) is 0.227. The molecule has 0 heterocycles. The third-order valence-electron chi connectivity index (χ3n) is 0.611. The molecule has 0 atom stereocenters. The van der Waals surface area contributed by atoms with Crippen molar-refractivity contribution in [3.63, 3.8) is 0 Å². The second kappa shape index (κ2) is 5.75. The number of hydrogen-bond acceptors (Lipinski definition) is 2. The molecule has 0 aliphatic carbocycles. The van der Waals surface area contributed by atoms with Crippen LogP contribution in [0.2, 0.25) is 0 Å². The smallest absolute Gasteiger partial charge is 0.240 e. The molecule has 0 aromatic heterocycles. The number of hydrogen-bond donors (Lipinski definition) is 0. The van der Waals surface area contributed by atoms with E-state index in [4.69, 9.17) is 23.2 Å². The summed E-state index contributed by atoms with van der Waals surface area (Å²) in [6, 6.07) is 0. The third-order valence-corrected chi connectivity index (χ3v) is 1.14. The first-order chi connectivity index (χ1) is 3.62. The SMILES string of the molecule is COCC(Cl)(Cl)OC.[Ni]. The van der Waals surface area contributed by atoms with E-state index in [1.165, 1.54) is 14.2 Å². The molecule has 0 fully saturated rings. The van der Waals surface area contributed by atoms with Crippen molar-refractivity contribution in [3.8, 4) is 0 Å². The molecule has 0 aliphatic rings. The average molecular weight is 218 g/mol. The quantitative estimate of drug-likeness (QED) is 0.526. The van der Waals surface area contributed by atoms with Crippen LogP contribution >= 0.6 is 23.2 Å². The Hall–Kier alpha value is 0.994. The number of methoxy groups -OCH3 is 2. The Balaban J connectivity index is 0. The van der Waals surface area contributed by atoms with Gasteiger partial charge in [0.2, 0.25) is 4.52 Å². The topological polar surface area (TPSA) is 18.5 Å². The van der Waals surface area contributed by atoms with Crippen LogP contribution in [0.3, 0.4) is 0 Å². The Morgan fingerprint density at radius 3 is 1.89 bits per heavy atom. The Morgan fingerprint density at radius 1 is 1.33 bits per heavy atom. The van der Waals surface area contributed by atoms with E-state index in [-0.39, 0.29) is 23.1 Å². The van der Waals surface area contributed by atoms with Gasteiger partial charge in [0.1, 0.15) is 6.61 Å². The van der Waals surface area contributed by atoms with E-state index in [9.17, 15) is 0 Å². The summed E-state index contributed by atoms with van der Waals surface area (Å²) in [5.74, 6) is 0. The van der Waals surface area contributed by atoms with Crippen LogP contribution in [0.5, 0.6) is 0 Å². The van der Waals surface area contributed by atoms with E-state index in [0.717, 1.165) is 0 Å². The molecule has 0 radical (unpaired) electrons. The van der Waals surface area contributed by atoms with E-state index in [1.54, 1.807) is 0 Å². The van der Waals surface area contributed by atoms with Gasteiger partial charge in [0.05, 0.1) is 0 Å². The number of ether oxygens (including phenoxy) is 2. The van der Waals surface area contributed by atoms with Crippen molar-refractivity contribution in [1.29, 1.82) is 0 Å². The van der Waals surface area contributed by atoms with Gasteiger partial charge in [0.15, 0.2) is 0 Å². The van der Waals surface area contributed by atoms with Crippen molar-refractivity contribution in [2.24, 2.45) is 0 Å². The van der Waals surface area contributed by atoms with Gasteiger partial charge in [-0.1, -0.05) is 23.2 Å². The first-order valence-corrected chi connectivity index (χ1v) is 2.80. The molecular weight excluding hydrogens is 210 g/mol. The van der Waals surface area contributed by atoms with Crippen molar-refractivity contribution in [2.75, 3.05) is 20.8 Å². The van der Waals surface area contributed by atoms with E-state index >= 15 is 0 Å². The largest absolute Gasteiger partial charge is 0.379 e. The number of alkyl halides is 2. The predicted molar refractivity (Wildman–Crippen MR) is 33.3 cm³/mol. The maximum atomic E-state index is 5.44. The summed E-state index contributed by atoms with van der Waals surface area (Å²) in [5, 5.41) is 0. The van der Waals surface area contributed by atoms with Crippen molar-refractivity contribution < 1.29 is 26.0 Å². The van der Waals surface area contributed by atoms with E-state index in [1.807, 2.05) is 0 Å². The van der Waals surface area contributed by atoms with Crippen molar-refractivity contribution in [2.45, 2.75) is 4.52 Å². The van der Waals surface area contributed by atoms with Gasteiger partial charge in [-0.25, -0.2) is 0 Å². The minimum Gasteiger partial charge on any atom is -0.379 e. The van der Waals surface area contributed by atoms with Crippen molar-refractivity contribution in [3.05, 3.63) is 0 Å². The molecule has 0 spiro atoms. The van der Waals surface area contributed by atoms with Crippen LogP contribution < -0.4 is 0 Å². The standard InChI is InChI=1S/C4H8Cl2O2.Ni/c1-7-3-4(5,6)8-2;/h3H2,1-2H3;. The zero-order chi connectivity index (χ0) is 6.62. The zero-order valence-corrected chi connectivity index (χ0v) is 7.60. The van der Waals surface area contributed by atoms with Crippen LogP contribution in [0.25, 0.3) is 0 Å². The van der Waals surface area contributed by atoms with Crippen molar-refractivity contribution >= 4 is 23.2 Å². The van der Waals surface area contributed by atoms with E-state index < -0.39 is 4.52 Å². The molecule has 0 unspecified atom stereocenters. The van der Waals surface area contributed by atoms with Crippen LogP contribution in [0.15, 0.2) is 0 Å². The summed E-state index contributed by atoms with van der Waals surface area (Å²) in [6.07, 6.45) is 0. The maximum absolute atomic E-state index is 5.44. The van der Waals surface area contributed by atoms with Gasteiger partial charge in [0, 0.05) is 30.7 Å². The molecule has 0 N–H and O–H groups in total. The molecule has 0 bridgehead atoms. The van der Waals surface area contributed by atoms with Crippen LogP contribution in [0.4, 0.5) is 0 Å². The minimum absolute atomic E-state index is 0. The second-order valence-electron chi connectivity index (χ2n) is 1.27. The predicted octanol–water partition coefficient (Wildman–Crippen LogP) is 1.41. The summed E-state index contributed by atoms with van der Waals surface area (Å²) in [6.45, 7) is 0.173. The first-order valence-electron chi connectivity index (χ1n) is 2.04. The summed E-state index contributed by atoms with van der Waals surface area (Å²) >= 11 is 10.9. The molecule has 0 amide bonds. The molecule has 0 rings (SSSR count). The monoisotopic (exact) mass is 216 g/mol. The van der Waals surface area contributed by atoms with Gasteiger partial charge in [-0.2, -0.15) is 0 Å². The van der Waals surface area contributed by atoms with Crippen LogP contribution in [-0.4, -0.2) is 25.3 Å². The summed E-state index contributed by atoms with van der Waals surface area (Å²) in [7, 11) is 2.91. The Bertz CT molecular complexity index is 69.6. The van der Waals surface area contributed by atoms with Crippen LogP contribution in [-0.2, 0) is 26.0 Å². The molecule has 0 aliphatic heterocycles. The minimum atomic E-state index is -1.19. The van der Waals surface area contributed by atoms with E-state index in [0.29, 0.717) is 0 Å². The average Bonchev–Trinajstić information content (AvgIpc) is 1.67. The van der Waals surface area contributed by atoms with Gasteiger partial charge < -0.3 is 9.47 Å². The zero-order valence-electron chi connectivity index (χ0n) is 5.10. The first kappa shape index (κ1) is 12.7. The Morgan fingerprint density at radius 2 is 1.78 bits per heavy atom. The molecular formula is C4H8Cl2NiO2. The molecule has 0 saturated carbocycles. The molecule has 5 heteroatoms. The number of rotatable bonds is 3. The van der Waals surface area contributed by atoms with Gasteiger partial charge in [-0.3, -0.25) is 0 Å². The molecule has 9 heavy (non-hydrogen) atoms. The van der Waals surface area contributed by atoms with Gasteiger partial charge >= 0.3 is 0 Å². The van der Waals surface area contributed by atoms with Crippen LogP contribution in [0.1, 0.15) is 0 Å². The molecule has 60 valence electrons. The Labute approximate surface area is 74.7 Å². The van der Waals surface area contributed by atoms with Gasteiger partial charge in [0.25, 0.3) is 0 Å². The fourth-order valence-corrected chi connectivity index (χ4v) is 0.445. The molecule has 0 aromatic rings. The summed E-state index contributed by atoms with van der Waals surface area (Å²) < 4.78 is 8.01. The number of halogens is 2. The molecule has 0 saturated heterocycles. The fraction of sp³-hybridized carbons (Fsp3) is 1.00. The Kier molecular flexibility index (Phi) is 8.09. The van der Waals surface area contributed by atoms with Crippen LogP contribution in [0, 0.1) is 0 Å². The summed E-state index contributed by atoms with van der Waals surface area (Å²) in [5.41, 5.74) is 0. The maximum Gasteiger partial charge on any atom is 0.240 e. The third kappa shape index (κ3) is 6.88. The van der Waals surface area contributed by atoms with Crippen molar-refractivity contribution in [1.82, 2.24) is 0 Å².